The lowest BCUT2D eigenvalue weighted by Crippen LogP contribution is -2.43. The number of carbonyl (C=O) groups excluding carboxylic acids is 2. The second-order valence-electron chi connectivity index (χ2n) is 4.49. The normalized spacial score (nSPS) is 23.7. The average Bonchev–Trinajstić information content (AvgIpc) is 2.40. The van der Waals surface area contributed by atoms with Crippen LogP contribution < -0.4 is 0 Å². The summed E-state index contributed by atoms with van der Waals surface area (Å²) in [7, 11) is 0. The number of ketones is 1. The summed E-state index contributed by atoms with van der Waals surface area (Å²) >= 11 is 1.96. The zero-order valence-electron chi connectivity index (χ0n) is 10.0. The van der Waals surface area contributed by atoms with E-state index in [1.165, 1.54) is 0 Å². The van der Waals surface area contributed by atoms with Crippen molar-refractivity contribution < 1.29 is 14.3 Å². The van der Waals surface area contributed by atoms with Crippen molar-refractivity contribution in [2.75, 3.05) is 0 Å². The Labute approximate surface area is 120 Å². The molecule has 0 amide bonds. The van der Waals surface area contributed by atoms with Crippen LogP contribution in [0, 0.1) is 0 Å². The summed E-state index contributed by atoms with van der Waals surface area (Å²) in [6.45, 7) is 0.234. The topological polar surface area (TPSA) is 43.4 Å². The van der Waals surface area contributed by atoms with E-state index in [1.54, 1.807) is 0 Å². The molecule has 0 aliphatic heterocycles. The van der Waals surface area contributed by atoms with Crippen LogP contribution in [0.1, 0.15) is 31.2 Å². The third kappa shape index (κ3) is 2.91. The number of benzene rings is 1. The molecule has 3 nitrogen and oxygen atoms in total. The van der Waals surface area contributed by atoms with Crippen molar-refractivity contribution in [1.29, 1.82) is 0 Å². The van der Waals surface area contributed by atoms with Gasteiger partial charge < -0.3 is 4.74 Å². The van der Waals surface area contributed by atoms with Crippen molar-refractivity contribution in [3.05, 3.63) is 35.9 Å². The van der Waals surface area contributed by atoms with Gasteiger partial charge in [-0.1, -0.05) is 59.3 Å². The molecule has 1 aliphatic carbocycles. The van der Waals surface area contributed by atoms with Gasteiger partial charge in [-0.2, -0.15) is 0 Å². The van der Waals surface area contributed by atoms with Gasteiger partial charge in [-0.05, 0) is 18.4 Å². The van der Waals surface area contributed by atoms with Crippen LogP contribution in [0.25, 0.3) is 0 Å². The van der Waals surface area contributed by atoms with Crippen LogP contribution >= 0.6 is 22.6 Å². The predicted molar refractivity (Wildman–Crippen MR) is 76.5 cm³/mol. The first-order valence-corrected chi connectivity index (χ1v) is 7.14. The molecular weight excluding hydrogens is 343 g/mol. The monoisotopic (exact) mass is 358 g/mol. The highest BCUT2D eigenvalue weighted by molar-refractivity contribution is 14.1. The number of Topliss-reactive ketones (excluding diaryl/α,β-unsaturated/α-hetero) is 1. The number of hydrogen-bond donors (Lipinski definition) is 0. The SMILES string of the molecule is O=C1CCCCC1(I)C(=O)OCc1ccccc1. The van der Waals surface area contributed by atoms with Crippen LogP contribution in [0.2, 0.25) is 0 Å². The molecule has 1 atom stereocenters. The Kier molecular flexibility index (Phi) is 4.37. The van der Waals surface area contributed by atoms with Gasteiger partial charge in [0.15, 0.2) is 9.20 Å². The van der Waals surface area contributed by atoms with Gasteiger partial charge in [0.25, 0.3) is 0 Å². The quantitative estimate of drug-likeness (QED) is 0.361. The summed E-state index contributed by atoms with van der Waals surface area (Å²) in [6, 6.07) is 9.50. The van der Waals surface area contributed by atoms with Crippen LogP contribution in [-0.4, -0.2) is 15.2 Å². The summed E-state index contributed by atoms with van der Waals surface area (Å²) in [6.07, 6.45) is 2.88. The first-order chi connectivity index (χ1) is 8.63. The minimum atomic E-state index is -0.954. The Hall–Kier alpha value is -0.910. The van der Waals surface area contributed by atoms with E-state index < -0.39 is 9.39 Å². The van der Waals surface area contributed by atoms with E-state index in [0.717, 1.165) is 18.4 Å². The maximum Gasteiger partial charge on any atom is 0.330 e. The van der Waals surface area contributed by atoms with Crippen molar-refractivity contribution in [3.8, 4) is 0 Å². The minimum absolute atomic E-state index is 0.00686. The average molecular weight is 358 g/mol. The highest BCUT2D eigenvalue weighted by atomic mass is 127. The van der Waals surface area contributed by atoms with Gasteiger partial charge in [-0.25, -0.2) is 0 Å². The summed E-state index contributed by atoms with van der Waals surface area (Å²) in [5, 5.41) is 0. The maximum atomic E-state index is 12.1. The van der Waals surface area contributed by atoms with Crippen molar-refractivity contribution in [1.82, 2.24) is 0 Å². The van der Waals surface area contributed by atoms with Crippen molar-refractivity contribution in [2.24, 2.45) is 0 Å². The van der Waals surface area contributed by atoms with Crippen molar-refractivity contribution in [2.45, 2.75) is 35.7 Å². The number of alkyl halides is 1. The fraction of sp³-hybridized carbons (Fsp3) is 0.429. The summed E-state index contributed by atoms with van der Waals surface area (Å²) in [5.41, 5.74) is 0.939. The molecule has 0 heterocycles. The Morgan fingerprint density at radius 3 is 2.67 bits per heavy atom. The van der Waals surface area contributed by atoms with Gasteiger partial charge in [-0.15, -0.1) is 0 Å². The number of hydrogen-bond acceptors (Lipinski definition) is 3. The summed E-state index contributed by atoms with van der Waals surface area (Å²) in [5.74, 6) is -0.385. The fourth-order valence-electron chi connectivity index (χ4n) is 2.05. The first-order valence-electron chi connectivity index (χ1n) is 6.06. The zero-order valence-corrected chi connectivity index (χ0v) is 12.2. The molecule has 4 heteroatoms. The van der Waals surface area contributed by atoms with Gasteiger partial charge in [0.05, 0.1) is 0 Å². The smallest absolute Gasteiger partial charge is 0.330 e. The molecule has 1 saturated carbocycles. The largest absolute Gasteiger partial charge is 0.459 e. The van der Waals surface area contributed by atoms with Crippen LogP contribution in [0.4, 0.5) is 0 Å². The number of halogens is 1. The maximum absolute atomic E-state index is 12.1. The Morgan fingerprint density at radius 2 is 2.00 bits per heavy atom. The van der Waals surface area contributed by atoms with Crippen molar-refractivity contribution >= 4 is 34.3 Å². The van der Waals surface area contributed by atoms with Crippen LogP contribution in [0.15, 0.2) is 30.3 Å². The first kappa shape index (κ1) is 13.5. The van der Waals surface area contributed by atoms with Crippen LogP contribution in [-0.2, 0) is 20.9 Å². The van der Waals surface area contributed by atoms with Gasteiger partial charge >= 0.3 is 5.97 Å². The van der Waals surface area contributed by atoms with E-state index in [2.05, 4.69) is 0 Å². The molecule has 0 N–H and O–H groups in total. The van der Waals surface area contributed by atoms with E-state index >= 15 is 0 Å². The highest BCUT2D eigenvalue weighted by Gasteiger charge is 2.45. The molecule has 96 valence electrons. The molecule has 0 spiro atoms. The molecular formula is C14H15IO3. The zero-order chi connectivity index (χ0) is 13.0. The Balaban J connectivity index is 1.97. The number of carbonyl (C=O) groups is 2. The molecule has 0 aromatic heterocycles. The fourth-order valence-corrected chi connectivity index (χ4v) is 2.85. The Morgan fingerprint density at radius 1 is 1.28 bits per heavy atom. The number of rotatable bonds is 3. The van der Waals surface area contributed by atoms with Crippen molar-refractivity contribution in [3.63, 3.8) is 0 Å². The van der Waals surface area contributed by atoms with E-state index in [9.17, 15) is 9.59 Å². The molecule has 0 bridgehead atoms. The third-order valence-corrected chi connectivity index (χ3v) is 4.73. The summed E-state index contributed by atoms with van der Waals surface area (Å²) in [4.78, 5) is 23.9. The van der Waals surface area contributed by atoms with Gasteiger partial charge in [0.2, 0.25) is 0 Å². The number of ether oxygens (including phenoxy) is 1. The van der Waals surface area contributed by atoms with Crippen LogP contribution in [0.3, 0.4) is 0 Å². The van der Waals surface area contributed by atoms with E-state index in [0.29, 0.717) is 12.8 Å². The number of esters is 1. The molecule has 1 aromatic rings. The lowest BCUT2D eigenvalue weighted by atomic mass is 9.88. The predicted octanol–water partition coefficient (Wildman–Crippen LogP) is 3.05. The Bertz CT molecular complexity index is 444. The lowest BCUT2D eigenvalue weighted by molar-refractivity contribution is -0.151. The van der Waals surface area contributed by atoms with Crippen LogP contribution in [0.5, 0.6) is 0 Å². The molecule has 0 saturated heterocycles. The van der Waals surface area contributed by atoms with E-state index in [1.807, 2.05) is 52.9 Å². The molecule has 1 aliphatic rings. The standard InChI is InChI=1S/C14H15IO3/c15-14(9-5-4-8-12(14)16)13(17)18-10-11-6-2-1-3-7-11/h1-3,6-7H,4-5,8-10H2. The van der Waals surface area contributed by atoms with Gasteiger partial charge in [0.1, 0.15) is 6.61 Å². The summed E-state index contributed by atoms with van der Waals surface area (Å²) < 4.78 is 4.32. The molecule has 18 heavy (non-hydrogen) atoms. The third-order valence-electron chi connectivity index (χ3n) is 3.15. The second-order valence-corrected chi connectivity index (χ2v) is 6.33. The lowest BCUT2D eigenvalue weighted by Gasteiger charge is -2.27. The van der Waals surface area contributed by atoms with Gasteiger partial charge in [0, 0.05) is 6.42 Å². The van der Waals surface area contributed by atoms with Gasteiger partial charge in [-0.3, -0.25) is 9.59 Å². The molecule has 2 rings (SSSR count). The molecule has 1 unspecified atom stereocenters. The molecule has 0 radical (unpaired) electrons. The minimum Gasteiger partial charge on any atom is -0.459 e. The molecule has 1 aromatic carbocycles. The van der Waals surface area contributed by atoms with E-state index in [-0.39, 0.29) is 12.4 Å². The molecule has 1 fully saturated rings. The second kappa shape index (κ2) is 5.82. The highest BCUT2D eigenvalue weighted by Crippen LogP contribution is 2.35. The van der Waals surface area contributed by atoms with E-state index in [4.69, 9.17) is 4.74 Å².